The highest BCUT2D eigenvalue weighted by Crippen LogP contribution is 2.13. The van der Waals surface area contributed by atoms with Gasteiger partial charge in [-0.05, 0) is 35.9 Å². The first-order valence-corrected chi connectivity index (χ1v) is 7.54. The van der Waals surface area contributed by atoms with Crippen LogP contribution in [-0.4, -0.2) is 37.2 Å². The van der Waals surface area contributed by atoms with E-state index in [-0.39, 0.29) is 11.7 Å². The van der Waals surface area contributed by atoms with Gasteiger partial charge in [-0.25, -0.2) is 9.37 Å². The van der Waals surface area contributed by atoms with E-state index in [9.17, 15) is 9.18 Å². The average molecular weight is 315 g/mol. The van der Waals surface area contributed by atoms with E-state index in [1.54, 1.807) is 6.20 Å². The number of anilines is 1. The third-order valence-corrected chi connectivity index (χ3v) is 3.70. The van der Waals surface area contributed by atoms with Crippen molar-refractivity contribution < 1.29 is 13.9 Å². The zero-order valence-electron chi connectivity index (χ0n) is 12.7. The molecule has 1 aromatic carbocycles. The molecule has 120 valence electrons. The van der Waals surface area contributed by atoms with E-state index >= 15 is 0 Å². The fourth-order valence-electron chi connectivity index (χ4n) is 2.39. The van der Waals surface area contributed by atoms with Gasteiger partial charge in [0.2, 0.25) is 0 Å². The normalized spacial score (nSPS) is 14.6. The predicted molar refractivity (Wildman–Crippen MR) is 84.8 cm³/mol. The molecular formula is C17H18FN3O2. The van der Waals surface area contributed by atoms with Gasteiger partial charge in [0.15, 0.2) is 0 Å². The summed E-state index contributed by atoms with van der Waals surface area (Å²) in [6, 6.07) is 9.36. The molecule has 5 nitrogen and oxygen atoms in total. The minimum atomic E-state index is -0.357. The van der Waals surface area contributed by atoms with Crippen molar-refractivity contribution in [1.82, 2.24) is 10.3 Å². The van der Waals surface area contributed by atoms with E-state index in [2.05, 4.69) is 15.2 Å². The lowest BCUT2D eigenvalue weighted by molar-refractivity contribution is 0.0951. The summed E-state index contributed by atoms with van der Waals surface area (Å²) in [7, 11) is 0. The lowest BCUT2D eigenvalue weighted by atomic mass is 10.2. The first-order chi connectivity index (χ1) is 11.2. The third kappa shape index (κ3) is 4.04. The van der Waals surface area contributed by atoms with E-state index in [0.717, 1.165) is 37.7 Å². The molecule has 1 aliphatic rings. The first-order valence-electron chi connectivity index (χ1n) is 7.54. The van der Waals surface area contributed by atoms with Gasteiger partial charge in [0.05, 0.1) is 13.2 Å². The molecule has 0 spiro atoms. The summed E-state index contributed by atoms with van der Waals surface area (Å²) in [5, 5.41) is 2.80. The van der Waals surface area contributed by atoms with E-state index in [4.69, 9.17) is 4.74 Å². The van der Waals surface area contributed by atoms with Crippen LogP contribution in [0.4, 0.5) is 10.2 Å². The third-order valence-electron chi connectivity index (χ3n) is 3.70. The van der Waals surface area contributed by atoms with Crippen molar-refractivity contribution >= 4 is 11.7 Å². The number of halogens is 1. The van der Waals surface area contributed by atoms with Gasteiger partial charge in [-0.3, -0.25) is 4.79 Å². The Balaban J connectivity index is 1.55. The molecule has 0 saturated carbocycles. The number of hydrogen-bond acceptors (Lipinski definition) is 4. The Bertz CT molecular complexity index is 653. The number of aromatic nitrogens is 1. The second kappa shape index (κ2) is 7.19. The summed E-state index contributed by atoms with van der Waals surface area (Å²) in [5.41, 5.74) is 1.35. The van der Waals surface area contributed by atoms with Crippen LogP contribution in [0.5, 0.6) is 0 Å². The topological polar surface area (TPSA) is 54.5 Å². The number of nitrogens with zero attached hydrogens (tertiary/aromatic N) is 2. The van der Waals surface area contributed by atoms with Crippen LogP contribution in [0.15, 0.2) is 42.6 Å². The second-order valence-electron chi connectivity index (χ2n) is 5.31. The number of carbonyl (C=O) groups is 1. The quantitative estimate of drug-likeness (QED) is 0.937. The van der Waals surface area contributed by atoms with Crippen LogP contribution in [0.1, 0.15) is 15.9 Å². The number of ether oxygens (including phenoxy) is 1. The van der Waals surface area contributed by atoms with Crippen LogP contribution in [0.2, 0.25) is 0 Å². The highest BCUT2D eigenvalue weighted by molar-refractivity contribution is 5.94. The molecule has 1 fully saturated rings. The maximum Gasteiger partial charge on any atom is 0.251 e. The fraction of sp³-hybridized carbons (Fsp3) is 0.294. The van der Waals surface area contributed by atoms with E-state index in [1.807, 2.05) is 12.1 Å². The summed E-state index contributed by atoms with van der Waals surface area (Å²) < 4.78 is 18.2. The minimum absolute atomic E-state index is 0.234. The molecule has 0 radical (unpaired) electrons. The molecule has 1 amide bonds. The van der Waals surface area contributed by atoms with Crippen LogP contribution < -0.4 is 10.2 Å². The van der Waals surface area contributed by atoms with Crippen LogP contribution >= 0.6 is 0 Å². The molecule has 1 aromatic heterocycles. The molecule has 23 heavy (non-hydrogen) atoms. The van der Waals surface area contributed by atoms with Crippen molar-refractivity contribution in [1.29, 1.82) is 0 Å². The van der Waals surface area contributed by atoms with Gasteiger partial charge in [-0.1, -0.05) is 6.07 Å². The predicted octanol–water partition coefficient (Wildman–Crippen LogP) is 1.99. The second-order valence-corrected chi connectivity index (χ2v) is 5.31. The van der Waals surface area contributed by atoms with Crippen molar-refractivity contribution in [2.45, 2.75) is 6.54 Å². The molecule has 2 heterocycles. The number of hydrogen-bond donors (Lipinski definition) is 1. The van der Waals surface area contributed by atoms with Crippen molar-refractivity contribution in [3.8, 4) is 0 Å². The zero-order valence-corrected chi connectivity index (χ0v) is 12.7. The Morgan fingerprint density at radius 2 is 1.91 bits per heavy atom. The molecule has 0 aliphatic carbocycles. The zero-order chi connectivity index (χ0) is 16.1. The standard InChI is InChI=1S/C17H18FN3O2/c18-15-4-2-14(3-5-15)17(22)20-12-13-1-6-16(19-11-13)21-7-9-23-10-8-21/h1-6,11H,7-10,12H2,(H,20,22). The van der Waals surface area contributed by atoms with Crippen molar-refractivity contribution in [3.63, 3.8) is 0 Å². The van der Waals surface area contributed by atoms with Crippen molar-refractivity contribution in [2.75, 3.05) is 31.2 Å². The van der Waals surface area contributed by atoms with Gasteiger partial charge >= 0.3 is 0 Å². The largest absolute Gasteiger partial charge is 0.378 e. The number of morpholine rings is 1. The van der Waals surface area contributed by atoms with Crippen molar-refractivity contribution in [2.24, 2.45) is 0 Å². The molecule has 1 saturated heterocycles. The Kier molecular flexibility index (Phi) is 4.83. The molecule has 0 bridgehead atoms. The fourth-order valence-corrected chi connectivity index (χ4v) is 2.39. The highest BCUT2D eigenvalue weighted by Gasteiger charge is 2.12. The molecule has 1 N–H and O–H groups in total. The van der Waals surface area contributed by atoms with E-state index in [1.165, 1.54) is 24.3 Å². The molecule has 2 aromatic rings. The van der Waals surface area contributed by atoms with Gasteiger partial charge in [-0.15, -0.1) is 0 Å². The summed E-state index contributed by atoms with van der Waals surface area (Å²) in [5.74, 6) is 0.327. The molecule has 0 atom stereocenters. The van der Waals surface area contributed by atoms with Gasteiger partial charge in [0, 0.05) is 31.4 Å². The smallest absolute Gasteiger partial charge is 0.251 e. The van der Waals surface area contributed by atoms with Crippen LogP contribution in [0.25, 0.3) is 0 Å². The summed E-state index contributed by atoms with van der Waals surface area (Å²) >= 11 is 0. The molecule has 0 unspecified atom stereocenters. The van der Waals surface area contributed by atoms with Gasteiger partial charge < -0.3 is 15.0 Å². The molecule has 6 heteroatoms. The van der Waals surface area contributed by atoms with Gasteiger partial charge in [-0.2, -0.15) is 0 Å². The Hall–Kier alpha value is -2.47. The number of carbonyl (C=O) groups excluding carboxylic acids is 1. The summed E-state index contributed by atoms with van der Waals surface area (Å²) in [6.07, 6.45) is 1.76. The number of rotatable bonds is 4. The maximum atomic E-state index is 12.8. The lowest BCUT2D eigenvalue weighted by Gasteiger charge is -2.27. The monoisotopic (exact) mass is 315 g/mol. The summed E-state index contributed by atoms with van der Waals surface area (Å²) in [6.45, 7) is 3.50. The molecule has 1 aliphatic heterocycles. The molecular weight excluding hydrogens is 297 g/mol. The van der Waals surface area contributed by atoms with Crippen LogP contribution in [0, 0.1) is 5.82 Å². The Morgan fingerprint density at radius 1 is 1.17 bits per heavy atom. The Morgan fingerprint density at radius 3 is 2.57 bits per heavy atom. The molecule has 3 rings (SSSR count). The number of pyridine rings is 1. The maximum absolute atomic E-state index is 12.8. The first kappa shape index (κ1) is 15.4. The Labute approximate surface area is 134 Å². The number of amides is 1. The number of benzene rings is 1. The van der Waals surface area contributed by atoms with Gasteiger partial charge in [0.1, 0.15) is 11.6 Å². The SMILES string of the molecule is O=C(NCc1ccc(N2CCOCC2)nc1)c1ccc(F)cc1. The number of nitrogens with one attached hydrogen (secondary N) is 1. The van der Waals surface area contributed by atoms with E-state index in [0.29, 0.717) is 12.1 Å². The van der Waals surface area contributed by atoms with Crippen molar-refractivity contribution in [3.05, 3.63) is 59.5 Å². The van der Waals surface area contributed by atoms with E-state index < -0.39 is 0 Å². The highest BCUT2D eigenvalue weighted by atomic mass is 19.1. The average Bonchev–Trinajstić information content (AvgIpc) is 2.61. The van der Waals surface area contributed by atoms with Gasteiger partial charge in [0.25, 0.3) is 5.91 Å². The van der Waals surface area contributed by atoms with Crippen LogP contribution in [0.3, 0.4) is 0 Å². The van der Waals surface area contributed by atoms with Crippen LogP contribution in [-0.2, 0) is 11.3 Å². The lowest BCUT2D eigenvalue weighted by Crippen LogP contribution is -2.36. The minimum Gasteiger partial charge on any atom is -0.378 e. The summed E-state index contributed by atoms with van der Waals surface area (Å²) in [4.78, 5) is 18.6.